The third kappa shape index (κ3) is 3.52. The van der Waals surface area contributed by atoms with Crippen molar-refractivity contribution in [2.24, 2.45) is 0 Å². The van der Waals surface area contributed by atoms with Crippen molar-refractivity contribution in [3.8, 4) is 0 Å². The van der Waals surface area contributed by atoms with Gasteiger partial charge in [0.1, 0.15) is 6.10 Å². The number of ether oxygens (including phenoxy) is 2. The summed E-state index contributed by atoms with van der Waals surface area (Å²) in [4.78, 5) is 6.46. The molecule has 1 atom stereocenters. The molecule has 2 fully saturated rings. The van der Waals surface area contributed by atoms with Crippen molar-refractivity contribution in [1.29, 1.82) is 0 Å². The van der Waals surface area contributed by atoms with Crippen LogP contribution < -0.4 is 0 Å². The van der Waals surface area contributed by atoms with Crippen LogP contribution >= 0.6 is 0 Å². The number of hydrogen-bond acceptors (Lipinski definition) is 4. The molecule has 4 heteroatoms. The Hall–Kier alpha value is -0.940. The van der Waals surface area contributed by atoms with Crippen LogP contribution in [0.4, 0.5) is 0 Å². The lowest BCUT2D eigenvalue weighted by atomic mass is 9.77. The molecule has 24 heavy (non-hydrogen) atoms. The van der Waals surface area contributed by atoms with Gasteiger partial charge in [0.2, 0.25) is 0 Å². The molecular formula is C20H31NO3. The molecule has 0 saturated carbocycles. The van der Waals surface area contributed by atoms with Crippen molar-refractivity contribution in [3.63, 3.8) is 0 Å². The lowest BCUT2D eigenvalue weighted by molar-refractivity contribution is -0.377. The van der Waals surface area contributed by atoms with Crippen molar-refractivity contribution in [1.82, 2.24) is 5.06 Å². The van der Waals surface area contributed by atoms with Gasteiger partial charge in [0.15, 0.2) is 5.79 Å². The number of nitrogens with zero attached hydrogens (tertiary/aromatic N) is 1. The molecule has 0 N–H and O–H groups in total. The fourth-order valence-corrected chi connectivity index (χ4v) is 4.39. The van der Waals surface area contributed by atoms with E-state index in [0.717, 1.165) is 32.5 Å². The van der Waals surface area contributed by atoms with E-state index in [4.69, 9.17) is 14.3 Å². The molecule has 2 saturated heterocycles. The Labute approximate surface area is 146 Å². The second-order valence-corrected chi connectivity index (χ2v) is 8.39. The third-order valence-corrected chi connectivity index (χ3v) is 5.05. The molecule has 0 amide bonds. The Morgan fingerprint density at radius 2 is 1.50 bits per heavy atom. The standard InChI is InChI=1S/C20H31NO3/c1-16(17-10-7-6-8-11-17)24-21-18(2,3)14-20(15-19(21,4)5)22-12-9-13-23-20/h6-8,10-11,16H,9,12-15H2,1-5H3. The van der Waals surface area contributed by atoms with Gasteiger partial charge in [0.25, 0.3) is 0 Å². The fourth-order valence-electron chi connectivity index (χ4n) is 4.39. The molecule has 1 spiro atoms. The molecule has 2 aliphatic heterocycles. The zero-order chi connectivity index (χ0) is 17.4. The van der Waals surface area contributed by atoms with E-state index >= 15 is 0 Å². The van der Waals surface area contributed by atoms with E-state index in [2.05, 4.69) is 63.9 Å². The summed E-state index contributed by atoms with van der Waals surface area (Å²) in [5.74, 6) is -0.471. The van der Waals surface area contributed by atoms with Crippen molar-refractivity contribution >= 4 is 0 Å². The third-order valence-electron chi connectivity index (χ3n) is 5.05. The van der Waals surface area contributed by atoms with E-state index in [1.807, 2.05) is 6.07 Å². The molecular weight excluding hydrogens is 302 g/mol. The van der Waals surface area contributed by atoms with Crippen LogP contribution in [0.1, 0.15) is 65.5 Å². The molecule has 1 aromatic carbocycles. The highest BCUT2D eigenvalue weighted by Crippen LogP contribution is 2.47. The van der Waals surface area contributed by atoms with E-state index in [-0.39, 0.29) is 17.2 Å². The first-order chi connectivity index (χ1) is 11.2. The van der Waals surface area contributed by atoms with E-state index in [0.29, 0.717) is 0 Å². The zero-order valence-electron chi connectivity index (χ0n) is 15.7. The summed E-state index contributed by atoms with van der Waals surface area (Å²) in [5, 5.41) is 2.17. The normalized spacial score (nSPS) is 27.0. The van der Waals surface area contributed by atoms with Gasteiger partial charge >= 0.3 is 0 Å². The van der Waals surface area contributed by atoms with Crippen LogP contribution in [0.25, 0.3) is 0 Å². The van der Waals surface area contributed by atoms with Crippen LogP contribution in [-0.2, 0) is 14.3 Å². The lowest BCUT2D eigenvalue weighted by Gasteiger charge is -2.58. The van der Waals surface area contributed by atoms with E-state index in [9.17, 15) is 0 Å². The van der Waals surface area contributed by atoms with Gasteiger partial charge in [-0.05, 0) is 46.6 Å². The highest BCUT2D eigenvalue weighted by Gasteiger charge is 2.55. The SMILES string of the molecule is CC(ON1C(C)(C)CC2(CC1(C)C)OCCCO2)c1ccccc1. The van der Waals surface area contributed by atoms with Crippen LogP contribution in [0.5, 0.6) is 0 Å². The van der Waals surface area contributed by atoms with Gasteiger partial charge < -0.3 is 9.47 Å². The first kappa shape index (κ1) is 17.9. The van der Waals surface area contributed by atoms with Gasteiger partial charge in [-0.1, -0.05) is 30.3 Å². The van der Waals surface area contributed by atoms with Crippen LogP contribution in [0.15, 0.2) is 30.3 Å². The number of hydroxylamine groups is 2. The minimum absolute atomic E-state index is 0.00647. The van der Waals surface area contributed by atoms with Gasteiger partial charge in [-0.2, -0.15) is 5.06 Å². The summed E-state index contributed by atoms with van der Waals surface area (Å²) in [6.45, 7) is 12.5. The maximum atomic E-state index is 6.46. The van der Waals surface area contributed by atoms with Crippen LogP contribution in [0.3, 0.4) is 0 Å². The van der Waals surface area contributed by atoms with Gasteiger partial charge in [0, 0.05) is 23.9 Å². The molecule has 134 valence electrons. The minimum atomic E-state index is -0.471. The van der Waals surface area contributed by atoms with E-state index in [1.54, 1.807) is 0 Å². The Morgan fingerprint density at radius 3 is 2.04 bits per heavy atom. The Balaban J connectivity index is 1.80. The molecule has 1 aromatic rings. The smallest absolute Gasteiger partial charge is 0.171 e. The highest BCUT2D eigenvalue weighted by atomic mass is 16.7. The highest BCUT2D eigenvalue weighted by molar-refractivity contribution is 5.17. The molecule has 0 radical (unpaired) electrons. The first-order valence-corrected chi connectivity index (χ1v) is 9.04. The summed E-state index contributed by atoms with van der Waals surface area (Å²) in [6, 6.07) is 10.4. The fraction of sp³-hybridized carbons (Fsp3) is 0.700. The maximum Gasteiger partial charge on any atom is 0.171 e. The quantitative estimate of drug-likeness (QED) is 0.817. The van der Waals surface area contributed by atoms with Crippen LogP contribution in [0.2, 0.25) is 0 Å². The molecule has 2 heterocycles. The van der Waals surface area contributed by atoms with Gasteiger partial charge in [-0.3, -0.25) is 4.84 Å². The van der Waals surface area contributed by atoms with Gasteiger partial charge in [0.05, 0.1) is 13.2 Å². The predicted molar refractivity (Wildman–Crippen MR) is 94.4 cm³/mol. The second kappa shape index (κ2) is 6.41. The molecule has 3 rings (SSSR count). The Morgan fingerprint density at radius 1 is 0.958 bits per heavy atom. The summed E-state index contributed by atoms with van der Waals surface area (Å²) < 4.78 is 12.2. The minimum Gasteiger partial charge on any atom is -0.350 e. The van der Waals surface area contributed by atoms with Crippen LogP contribution in [0, 0.1) is 0 Å². The number of hydrogen-bond donors (Lipinski definition) is 0. The molecule has 0 bridgehead atoms. The Bertz CT molecular complexity index is 529. The monoisotopic (exact) mass is 333 g/mol. The maximum absolute atomic E-state index is 6.46. The second-order valence-electron chi connectivity index (χ2n) is 8.39. The largest absolute Gasteiger partial charge is 0.350 e. The summed E-state index contributed by atoms with van der Waals surface area (Å²) in [7, 11) is 0. The molecule has 0 aromatic heterocycles. The van der Waals surface area contributed by atoms with E-state index in [1.165, 1.54) is 5.56 Å². The molecule has 4 nitrogen and oxygen atoms in total. The molecule has 1 unspecified atom stereocenters. The van der Waals surface area contributed by atoms with Crippen molar-refractivity contribution in [2.75, 3.05) is 13.2 Å². The van der Waals surface area contributed by atoms with Crippen molar-refractivity contribution < 1.29 is 14.3 Å². The summed E-state index contributed by atoms with van der Waals surface area (Å²) in [6.07, 6.45) is 2.61. The van der Waals surface area contributed by atoms with Crippen molar-refractivity contribution in [3.05, 3.63) is 35.9 Å². The topological polar surface area (TPSA) is 30.9 Å². The van der Waals surface area contributed by atoms with E-state index < -0.39 is 5.79 Å². The summed E-state index contributed by atoms with van der Waals surface area (Å²) >= 11 is 0. The Kier molecular flexibility index (Phi) is 4.77. The molecule has 2 aliphatic rings. The summed E-state index contributed by atoms with van der Waals surface area (Å²) in [5.41, 5.74) is 0.833. The predicted octanol–water partition coefficient (Wildman–Crippen LogP) is 4.47. The van der Waals surface area contributed by atoms with Gasteiger partial charge in [-0.15, -0.1) is 0 Å². The number of benzene rings is 1. The molecule has 0 aliphatic carbocycles. The lowest BCUT2D eigenvalue weighted by Crippen LogP contribution is -2.67. The average Bonchev–Trinajstić information content (AvgIpc) is 2.51. The van der Waals surface area contributed by atoms with Crippen molar-refractivity contribution in [2.45, 2.75) is 76.9 Å². The van der Waals surface area contributed by atoms with Crippen LogP contribution in [-0.4, -0.2) is 35.1 Å². The zero-order valence-corrected chi connectivity index (χ0v) is 15.7. The number of rotatable bonds is 3. The first-order valence-electron chi connectivity index (χ1n) is 9.04. The van der Waals surface area contributed by atoms with Gasteiger partial charge in [-0.25, -0.2) is 0 Å². The average molecular weight is 333 g/mol. The number of piperidine rings is 1.